The van der Waals surface area contributed by atoms with E-state index in [4.69, 9.17) is 9.84 Å². The number of aryl methyl sites for hydroxylation is 1. The molecule has 0 bridgehead atoms. The van der Waals surface area contributed by atoms with Crippen LogP contribution in [0.5, 0.6) is 0 Å². The zero-order valence-corrected chi connectivity index (χ0v) is 10.4. The number of carbonyl (C=O) groups excluding carboxylic acids is 1. The molecule has 0 saturated carbocycles. The fraction of sp³-hybridized carbons (Fsp3) is 0.583. The first-order valence-corrected chi connectivity index (χ1v) is 5.76. The monoisotopic (exact) mass is 240 g/mol. The van der Waals surface area contributed by atoms with Crippen LogP contribution >= 0.6 is 0 Å². The van der Waals surface area contributed by atoms with Gasteiger partial charge in [0, 0.05) is 25.9 Å². The van der Waals surface area contributed by atoms with E-state index in [0.717, 1.165) is 12.1 Å². The van der Waals surface area contributed by atoms with Crippen molar-refractivity contribution in [2.75, 3.05) is 26.4 Å². The Bertz CT molecular complexity index is 361. The summed E-state index contributed by atoms with van der Waals surface area (Å²) in [5.74, 6) is -0.0669. The number of rotatable bonds is 7. The molecule has 1 amide bonds. The van der Waals surface area contributed by atoms with Crippen LogP contribution in [0.25, 0.3) is 0 Å². The molecule has 5 heteroatoms. The Balaban J connectivity index is 2.24. The fourth-order valence-electron chi connectivity index (χ4n) is 1.47. The highest BCUT2D eigenvalue weighted by Crippen LogP contribution is 2.05. The van der Waals surface area contributed by atoms with Gasteiger partial charge in [0.25, 0.3) is 5.91 Å². The Hall–Kier alpha value is -1.33. The number of aliphatic hydroxyl groups is 1. The lowest BCUT2D eigenvalue weighted by atomic mass is 10.3. The molecule has 1 aromatic heterocycles. The van der Waals surface area contributed by atoms with Gasteiger partial charge in [-0.25, -0.2) is 0 Å². The van der Waals surface area contributed by atoms with E-state index in [1.807, 2.05) is 30.7 Å². The number of nitrogens with zero attached hydrogens (tertiary/aromatic N) is 1. The van der Waals surface area contributed by atoms with Crippen molar-refractivity contribution >= 4 is 5.91 Å². The first-order valence-electron chi connectivity index (χ1n) is 5.76. The summed E-state index contributed by atoms with van der Waals surface area (Å²) < 4.78 is 6.95. The van der Waals surface area contributed by atoms with E-state index < -0.39 is 0 Å². The lowest BCUT2D eigenvalue weighted by Gasteiger charge is -2.07. The standard InChI is InChI=1S/C12H20N2O3/c1-10-4-5-11(14(10)2)12(16)13-6-3-8-17-9-7-15/h4-5,15H,3,6-9H2,1-2H3,(H,13,16). The van der Waals surface area contributed by atoms with Gasteiger partial charge in [0.05, 0.1) is 13.2 Å². The number of amides is 1. The van der Waals surface area contributed by atoms with Crippen molar-refractivity contribution in [1.82, 2.24) is 9.88 Å². The van der Waals surface area contributed by atoms with Crippen molar-refractivity contribution in [2.45, 2.75) is 13.3 Å². The Kier molecular flexibility index (Phi) is 5.72. The van der Waals surface area contributed by atoms with Crippen LogP contribution in [0.3, 0.4) is 0 Å². The molecule has 2 N–H and O–H groups in total. The van der Waals surface area contributed by atoms with Gasteiger partial charge in [-0.05, 0) is 25.5 Å². The summed E-state index contributed by atoms with van der Waals surface area (Å²) in [4.78, 5) is 11.8. The first-order chi connectivity index (χ1) is 8.16. The van der Waals surface area contributed by atoms with E-state index in [9.17, 15) is 4.79 Å². The maximum atomic E-state index is 11.8. The second kappa shape index (κ2) is 7.09. The Morgan fingerprint density at radius 3 is 2.82 bits per heavy atom. The summed E-state index contributed by atoms with van der Waals surface area (Å²) in [6.45, 7) is 3.47. The second-order valence-electron chi connectivity index (χ2n) is 3.86. The smallest absolute Gasteiger partial charge is 0.267 e. The normalized spacial score (nSPS) is 10.5. The van der Waals surface area contributed by atoms with Gasteiger partial charge in [0.1, 0.15) is 5.69 Å². The Morgan fingerprint density at radius 1 is 1.47 bits per heavy atom. The van der Waals surface area contributed by atoms with Crippen LogP contribution in [-0.2, 0) is 11.8 Å². The van der Waals surface area contributed by atoms with Crippen molar-refractivity contribution < 1.29 is 14.6 Å². The van der Waals surface area contributed by atoms with Crippen molar-refractivity contribution in [3.8, 4) is 0 Å². The third kappa shape index (κ3) is 4.20. The molecule has 96 valence electrons. The zero-order chi connectivity index (χ0) is 12.7. The molecule has 0 fully saturated rings. The third-order valence-corrected chi connectivity index (χ3v) is 2.59. The van der Waals surface area contributed by atoms with E-state index in [0.29, 0.717) is 25.5 Å². The SMILES string of the molecule is Cc1ccc(C(=O)NCCCOCCO)n1C. The van der Waals surface area contributed by atoms with Crippen LogP contribution in [0.1, 0.15) is 22.6 Å². The molecule has 0 aliphatic carbocycles. The molecule has 0 aromatic carbocycles. The van der Waals surface area contributed by atoms with Gasteiger partial charge in [-0.2, -0.15) is 0 Å². The molecule has 1 aromatic rings. The van der Waals surface area contributed by atoms with Gasteiger partial charge < -0.3 is 19.7 Å². The molecule has 0 aliphatic heterocycles. The minimum Gasteiger partial charge on any atom is -0.394 e. The van der Waals surface area contributed by atoms with Crippen LogP contribution in [-0.4, -0.2) is 41.9 Å². The molecular formula is C12H20N2O3. The van der Waals surface area contributed by atoms with Gasteiger partial charge in [0.15, 0.2) is 0 Å². The molecule has 0 saturated heterocycles. The van der Waals surface area contributed by atoms with Gasteiger partial charge in [-0.1, -0.05) is 0 Å². The maximum absolute atomic E-state index is 11.8. The molecule has 0 aliphatic rings. The van der Waals surface area contributed by atoms with E-state index >= 15 is 0 Å². The van der Waals surface area contributed by atoms with Crippen molar-refractivity contribution in [3.05, 3.63) is 23.5 Å². The topological polar surface area (TPSA) is 63.5 Å². The van der Waals surface area contributed by atoms with Crippen molar-refractivity contribution in [1.29, 1.82) is 0 Å². The molecule has 1 heterocycles. The predicted molar refractivity (Wildman–Crippen MR) is 65.0 cm³/mol. The second-order valence-corrected chi connectivity index (χ2v) is 3.86. The van der Waals surface area contributed by atoms with Gasteiger partial charge in [0.2, 0.25) is 0 Å². The average molecular weight is 240 g/mol. The van der Waals surface area contributed by atoms with Crippen molar-refractivity contribution in [3.63, 3.8) is 0 Å². The first kappa shape index (κ1) is 13.7. The van der Waals surface area contributed by atoms with E-state index in [1.54, 1.807) is 0 Å². The highest BCUT2D eigenvalue weighted by Gasteiger charge is 2.09. The zero-order valence-electron chi connectivity index (χ0n) is 10.4. The minimum atomic E-state index is -0.0669. The van der Waals surface area contributed by atoms with Crippen LogP contribution < -0.4 is 5.32 Å². The number of aliphatic hydroxyl groups excluding tert-OH is 1. The fourth-order valence-corrected chi connectivity index (χ4v) is 1.47. The quantitative estimate of drug-likeness (QED) is 0.681. The summed E-state index contributed by atoms with van der Waals surface area (Å²) in [6.07, 6.45) is 0.745. The number of nitrogens with one attached hydrogen (secondary N) is 1. The molecule has 1 rings (SSSR count). The lowest BCUT2D eigenvalue weighted by Crippen LogP contribution is -2.27. The summed E-state index contributed by atoms with van der Waals surface area (Å²) in [7, 11) is 1.87. The van der Waals surface area contributed by atoms with Crippen molar-refractivity contribution in [2.24, 2.45) is 7.05 Å². The van der Waals surface area contributed by atoms with E-state index in [2.05, 4.69) is 5.32 Å². The Morgan fingerprint density at radius 2 is 2.24 bits per heavy atom. The van der Waals surface area contributed by atoms with Crippen LogP contribution in [0.2, 0.25) is 0 Å². The number of ether oxygens (including phenoxy) is 1. The summed E-state index contributed by atoms with van der Waals surface area (Å²) in [6, 6.07) is 3.73. The number of hydrogen-bond donors (Lipinski definition) is 2. The predicted octanol–water partition coefficient (Wildman–Crippen LogP) is 0.462. The van der Waals surface area contributed by atoms with Crippen LogP contribution in [0.15, 0.2) is 12.1 Å². The minimum absolute atomic E-state index is 0.0367. The van der Waals surface area contributed by atoms with Crippen LogP contribution in [0, 0.1) is 6.92 Å². The van der Waals surface area contributed by atoms with Gasteiger partial charge in [-0.3, -0.25) is 4.79 Å². The highest BCUT2D eigenvalue weighted by molar-refractivity contribution is 5.92. The van der Waals surface area contributed by atoms with E-state index in [-0.39, 0.29) is 12.5 Å². The molecule has 0 radical (unpaired) electrons. The van der Waals surface area contributed by atoms with Crippen LogP contribution in [0.4, 0.5) is 0 Å². The molecule has 0 atom stereocenters. The summed E-state index contributed by atoms with van der Waals surface area (Å²) in [5.41, 5.74) is 1.72. The lowest BCUT2D eigenvalue weighted by molar-refractivity contribution is 0.0864. The maximum Gasteiger partial charge on any atom is 0.267 e. The van der Waals surface area contributed by atoms with Gasteiger partial charge in [-0.15, -0.1) is 0 Å². The van der Waals surface area contributed by atoms with E-state index in [1.165, 1.54) is 0 Å². The molecule has 0 spiro atoms. The molecule has 5 nitrogen and oxygen atoms in total. The largest absolute Gasteiger partial charge is 0.394 e. The van der Waals surface area contributed by atoms with Gasteiger partial charge >= 0.3 is 0 Å². The molecular weight excluding hydrogens is 220 g/mol. The number of hydrogen-bond acceptors (Lipinski definition) is 3. The summed E-state index contributed by atoms with van der Waals surface area (Å²) in [5, 5.41) is 11.3. The number of carbonyl (C=O) groups is 1. The third-order valence-electron chi connectivity index (χ3n) is 2.59. The average Bonchev–Trinajstić information content (AvgIpc) is 2.64. The molecule has 17 heavy (non-hydrogen) atoms. The summed E-state index contributed by atoms with van der Waals surface area (Å²) >= 11 is 0. The molecule has 0 unspecified atom stereocenters. The highest BCUT2D eigenvalue weighted by atomic mass is 16.5. The Labute approximate surface area is 101 Å². The number of aromatic nitrogens is 1.